The lowest BCUT2D eigenvalue weighted by molar-refractivity contribution is 0.157. The number of nitrogens with one attached hydrogen (secondary N) is 1. The quantitative estimate of drug-likeness (QED) is 0.873. The lowest BCUT2D eigenvalue weighted by Crippen LogP contribution is -2.44. The number of aliphatic hydroxyl groups excluding tert-OH is 1. The van der Waals surface area contributed by atoms with E-state index in [1.807, 2.05) is 0 Å². The molecule has 0 aromatic carbocycles. The maximum Gasteiger partial charge on any atom is 0.317 e. The highest BCUT2D eigenvalue weighted by Crippen LogP contribution is 2.19. The Morgan fingerprint density at radius 1 is 1.65 bits per heavy atom. The summed E-state index contributed by atoms with van der Waals surface area (Å²) in [6.07, 6.45) is 2.63. The third kappa shape index (κ3) is 3.70. The molecule has 2 rings (SSSR count). The number of carbonyl (C=O) groups excluding carboxylic acids is 1. The molecule has 1 aliphatic heterocycles. The van der Waals surface area contributed by atoms with Gasteiger partial charge in [-0.05, 0) is 12.8 Å². The van der Waals surface area contributed by atoms with Crippen LogP contribution < -0.4 is 5.32 Å². The van der Waals surface area contributed by atoms with Gasteiger partial charge in [-0.15, -0.1) is 11.3 Å². The summed E-state index contributed by atoms with van der Waals surface area (Å²) in [5.41, 5.74) is 1.04. The van der Waals surface area contributed by atoms with Crippen LogP contribution in [0.5, 0.6) is 0 Å². The SMILES string of the molecule is CC(C)c1nc(CCNC(=O)N2CCC[C@H]2CO)cs1. The zero-order valence-corrected chi connectivity index (χ0v) is 12.9. The fraction of sp³-hybridized carbons (Fsp3) is 0.714. The predicted molar refractivity (Wildman–Crippen MR) is 80.1 cm³/mol. The summed E-state index contributed by atoms with van der Waals surface area (Å²) in [6.45, 7) is 5.65. The summed E-state index contributed by atoms with van der Waals surface area (Å²) in [7, 11) is 0. The van der Waals surface area contributed by atoms with Crippen LogP contribution in [-0.2, 0) is 6.42 Å². The van der Waals surface area contributed by atoms with Crippen molar-refractivity contribution >= 4 is 17.4 Å². The first-order valence-electron chi connectivity index (χ1n) is 7.21. The molecule has 1 saturated heterocycles. The van der Waals surface area contributed by atoms with Crippen molar-refractivity contribution in [3.8, 4) is 0 Å². The van der Waals surface area contributed by atoms with Gasteiger partial charge in [0.15, 0.2) is 0 Å². The van der Waals surface area contributed by atoms with Gasteiger partial charge in [-0.1, -0.05) is 13.8 Å². The first-order valence-corrected chi connectivity index (χ1v) is 8.09. The zero-order valence-electron chi connectivity index (χ0n) is 12.1. The van der Waals surface area contributed by atoms with Gasteiger partial charge in [-0.2, -0.15) is 0 Å². The number of aromatic nitrogens is 1. The molecule has 0 saturated carbocycles. The van der Waals surface area contributed by atoms with Crippen LogP contribution >= 0.6 is 11.3 Å². The standard InChI is InChI=1S/C14H23N3O2S/c1-10(2)13-16-11(9-20-13)5-6-15-14(19)17-7-3-4-12(17)8-18/h9-10,12,18H,3-8H2,1-2H3,(H,15,19)/t12-/m0/s1. The fourth-order valence-corrected chi connectivity index (χ4v) is 3.26. The molecule has 5 nitrogen and oxygen atoms in total. The van der Waals surface area contributed by atoms with Gasteiger partial charge in [0.05, 0.1) is 23.4 Å². The Morgan fingerprint density at radius 2 is 2.45 bits per heavy atom. The number of aliphatic hydroxyl groups is 1. The third-order valence-electron chi connectivity index (χ3n) is 3.57. The molecule has 1 atom stereocenters. The predicted octanol–water partition coefficient (Wildman–Crippen LogP) is 1.98. The highest BCUT2D eigenvalue weighted by molar-refractivity contribution is 7.09. The number of hydrogen-bond donors (Lipinski definition) is 2. The van der Waals surface area contributed by atoms with E-state index in [1.165, 1.54) is 0 Å². The Kier molecular flexibility index (Phi) is 5.37. The summed E-state index contributed by atoms with van der Waals surface area (Å²) >= 11 is 1.68. The van der Waals surface area contributed by atoms with Crippen molar-refractivity contribution < 1.29 is 9.90 Å². The minimum absolute atomic E-state index is 0.0122. The molecule has 0 bridgehead atoms. The number of carbonyl (C=O) groups is 1. The zero-order chi connectivity index (χ0) is 14.5. The van der Waals surface area contributed by atoms with E-state index in [0.29, 0.717) is 12.5 Å². The molecule has 20 heavy (non-hydrogen) atoms. The second-order valence-electron chi connectivity index (χ2n) is 5.49. The van der Waals surface area contributed by atoms with Gasteiger partial charge in [-0.25, -0.2) is 9.78 Å². The number of likely N-dealkylation sites (tertiary alicyclic amines) is 1. The molecule has 1 aliphatic rings. The summed E-state index contributed by atoms with van der Waals surface area (Å²) in [5, 5.41) is 15.3. The van der Waals surface area contributed by atoms with E-state index >= 15 is 0 Å². The van der Waals surface area contributed by atoms with E-state index in [4.69, 9.17) is 0 Å². The average Bonchev–Trinajstić information content (AvgIpc) is 3.07. The van der Waals surface area contributed by atoms with Gasteiger partial charge < -0.3 is 15.3 Å². The van der Waals surface area contributed by atoms with Gasteiger partial charge in [0, 0.05) is 30.8 Å². The number of hydrogen-bond acceptors (Lipinski definition) is 4. The van der Waals surface area contributed by atoms with E-state index in [2.05, 4.69) is 29.5 Å². The third-order valence-corrected chi connectivity index (χ3v) is 4.76. The molecular weight excluding hydrogens is 274 g/mol. The number of urea groups is 1. The van der Waals surface area contributed by atoms with Crippen LogP contribution in [0.2, 0.25) is 0 Å². The fourth-order valence-electron chi connectivity index (χ4n) is 2.39. The Bertz CT molecular complexity index is 447. The second kappa shape index (κ2) is 7.04. The summed E-state index contributed by atoms with van der Waals surface area (Å²) in [5.74, 6) is 0.457. The molecule has 2 N–H and O–H groups in total. The molecular formula is C14H23N3O2S. The molecule has 0 spiro atoms. The smallest absolute Gasteiger partial charge is 0.317 e. The van der Waals surface area contributed by atoms with Crippen molar-refractivity contribution in [3.63, 3.8) is 0 Å². The van der Waals surface area contributed by atoms with Gasteiger partial charge in [0.1, 0.15) is 0 Å². The summed E-state index contributed by atoms with van der Waals surface area (Å²) in [4.78, 5) is 18.3. The molecule has 0 aliphatic carbocycles. The van der Waals surface area contributed by atoms with Crippen LogP contribution in [0, 0.1) is 0 Å². The first-order chi connectivity index (χ1) is 9.61. The molecule has 6 heteroatoms. The Hall–Kier alpha value is -1.14. The van der Waals surface area contributed by atoms with Gasteiger partial charge in [0.25, 0.3) is 0 Å². The second-order valence-corrected chi connectivity index (χ2v) is 6.38. The number of rotatable bonds is 5. The average molecular weight is 297 g/mol. The van der Waals surface area contributed by atoms with Crippen LogP contribution in [0.15, 0.2) is 5.38 Å². The maximum absolute atomic E-state index is 12.0. The summed E-state index contributed by atoms with van der Waals surface area (Å²) < 4.78 is 0. The molecule has 0 radical (unpaired) electrons. The lowest BCUT2D eigenvalue weighted by Gasteiger charge is -2.23. The van der Waals surface area contributed by atoms with Crippen molar-refractivity contribution in [1.29, 1.82) is 0 Å². The van der Waals surface area contributed by atoms with Crippen LogP contribution in [0.3, 0.4) is 0 Å². The van der Waals surface area contributed by atoms with E-state index in [0.717, 1.165) is 36.5 Å². The minimum atomic E-state index is -0.0686. The van der Waals surface area contributed by atoms with Crippen molar-refractivity contribution in [1.82, 2.24) is 15.2 Å². The number of nitrogens with zero attached hydrogens (tertiary/aromatic N) is 2. The van der Waals surface area contributed by atoms with E-state index in [1.54, 1.807) is 16.2 Å². The van der Waals surface area contributed by atoms with E-state index in [-0.39, 0.29) is 18.7 Å². The minimum Gasteiger partial charge on any atom is -0.394 e. The van der Waals surface area contributed by atoms with Crippen molar-refractivity contribution in [2.24, 2.45) is 0 Å². The first kappa shape index (κ1) is 15.3. The monoisotopic (exact) mass is 297 g/mol. The Labute approximate surface area is 124 Å². The van der Waals surface area contributed by atoms with Crippen LogP contribution in [0.25, 0.3) is 0 Å². The lowest BCUT2D eigenvalue weighted by atomic mass is 10.2. The molecule has 2 amide bonds. The van der Waals surface area contributed by atoms with Gasteiger partial charge in [0.2, 0.25) is 0 Å². The van der Waals surface area contributed by atoms with Crippen LogP contribution in [0.1, 0.15) is 43.3 Å². The summed E-state index contributed by atoms with van der Waals surface area (Å²) in [6, 6.07) is -0.0809. The van der Waals surface area contributed by atoms with E-state index < -0.39 is 0 Å². The van der Waals surface area contributed by atoms with Crippen molar-refractivity contribution in [3.05, 3.63) is 16.1 Å². The normalized spacial score (nSPS) is 18.8. The van der Waals surface area contributed by atoms with E-state index in [9.17, 15) is 9.90 Å². The van der Waals surface area contributed by atoms with Crippen molar-refractivity contribution in [2.45, 2.75) is 45.1 Å². The molecule has 1 aromatic rings. The van der Waals surface area contributed by atoms with Gasteiger partial charge >= 0.3 is 6.03 Å². The highest BCUT2D eigenvalue weighted by atomic mass is 32.1. The van der Waals surface area contributed by atoms with Crippen molar-refractivity contribution in [2.75, 3.05) is 19.7 Å². The Morgan fingerprint density at radius 3 is 3.10 bits per heavy atom. The molecule has 112 valence electrons. The molecule has 1 aromatic heterocycles. The van der Waals surface area contributed by atoms with Crippen LogP contribution in [0.4, 0.5) is 4.79 Å². The largest absolute Gasteiger partial charge is 0.394 e. The molecule has 2 heterocycles. The number of amides is 2. The Balaban J connectivity index is 1.76. The topological polar surface area (TPSA) is 65.5 Å². The number of thiazole rings is 1. The molecule has 0 unspecified atom stereocenters. The maximum atomic E-state index is 12.0. The highest BCUT2D eigenvalue weighted by Gasteiger charge is 2.27. The van der Waals surface area contributed by atoms with Crippen LogP contribution in [-0.4, -0.2) is 46.8 Å². The van der Waals surface area contributed by atoms with Gasteiger partial charge in [-0.3, -0.25) is 0 Å². The molecule has 1 fully saturated rings.